The molecule has 0 radical (unpaired) electrons. The maximum absolute atomic E-state index is 13.3. The van der Waals surface area contributed by atoms with Crippen molar-refractivity contribution in [2.45, 2.75) is 37.5 Å². The standard InChI is InChI=1S/C24H28N2O3/c27-22(26-15-5-2-6-16-26)19-9-11-21(12-10-19)25-23(28)24(13-17-29-18-14-24)20-7-3-1-4-8-20/h1,3-4,7-12H,2,5-6,13-18H2,(H,25,28). The number of carbonyl (C=O) groups is 2. The van der Waals surface area contributed by atoms with E-state index in [9.17, 15) is 9.59 Å². The number of ether oxygens (including phenoxy) is 1. The van der Waals surface area contributed by atoms with Crippen LogP contribution < -0.4 is 5.32 Å². The summed E-state index contributed by atoms with van der Waals surface area (Å²) in [4.78, 5) is 27.9. The van der Waals surface area contributed by atoms with Crippen molar-refractivity contribution in [3.05, 3.63) is 65.7 Å². The fourth-order valence-electron chi connectivity index (χ4n) is 4.35. The smallest absolute Gasteiger partial charge is 0.253 e. The van der Waals surface area contributed by atoms with Crippen LogP contribution in [-0.2, 0) is 14.9 Å². The van der Waals surface area contributed by atoms with Crippen molar-refractivity contribution in [2.24, 2.45) is 0 Å². The van der Waals surface area contributed by atoms with Gasteiger partial charge in [-0.3, -0.25) is 9.59 Å². The maximum Gasteiger partial charge on any atom is 0.253 e. The molecule has 29 heavy (non-hydrogen) atoms. The number of anilines is 1. The normalized spacial score (nSPS) is 18.8. The first-order valence-corrected chi connectivity index (χ1v) is 10.5. The Morgan fingerprint density at radius 3 is 2.17 bits per heavy atom. The van der Waals surface area contributed by atoms with Crippen LogP contribution >= 0.6 is 0 Å². The van der Waals surface area contributed by atoms with Gasteiger partial charge in [-0.25, -0.2) is 0 Å². The van der Waals surface area contributed by atoms with E-state index in [0.29, 0.717) is 37.3 Å². The van der Waals surface area contributed by atoms with E-state index in [4.69, 9.17) is 4.74 Å². The van der Waals surface area contributed by atoms with Crippen LogP contribution in [0.3, 0.4) is 0 Å². The number of hydrogen-bond donors (Lipinski definition) is 1. The molecule has 2 saturated heterocycles. The highest BCUT2D eigenvalue weighted by atomic mass is 16.5. The van der Waals surface area contributed by atoms with Gasteiger partial charge in [-0.15, -0.1) is 0 Å². The summed E-state index contributed by atoms with van der Waals surface area (Å²) in [5, 5.41) is 3.08. The van der Waals surface area contributed by atoms with E-state index < -0.39 is 5.41 Å². The minimum atomic E-state index is -0.582. The predicted molar refractivity (Wildman–Crippen MR) is 113 cm³/mol. The third-order valence-corrected chi connectivity index (χ3v) is 6.14. The van der Waals surface area contributed by atoms with Gasteiger partial charge in [0.15, 0.2) is 0 Å². The number of piperidine rings is 1. The number of benzene rings is 2. The SMILES string of the molecule is O=C(c1ccc(NC(=O)C2(c3ccccc3)CCOCC2)cc1)N1CCCCC1. The molecule has 5 heteroatoms. The molecule has 0 spiro atoms. The van der Waals surface area contributed by atoms with Gasteiger partial charge in [0.2, 0.25) is 5.91 Å². The molecule has 0 aromatic heterocycles. The van der Waals surface area contributed by atoms with E-state index in [1.807, 2.05) is 59.5 Å². The second-order valence-electron chi connectivity index (χ2n) is 7.94. The highest BCUT2D eigenvalue weighted by Gasteiger charge is 2.41. The highest BCUT2D eigenvalue weighted by Crippen LogP contribution is 2.36. The summed E-state index contributed by atoms with van der Waals surface area (Å²) in [5.41, 5.74) is 1.83. The second-order valence-corrected chi connectivity index (χ2v) is 7.94. The maximum atomic E-state index is 13.3. The highest BCUT2D eigenvalue weighted by molar-refractivity contribution is 6.00. The molecule has 2 aromatic carbocycles. The zero-order valence-electron chi connectivity index (χ0n) is 16.7. The quantitative estimate of drug-likeness (QED) is 0.856. The van der Waals surface area contributed by atoms with Crippen LogP contribution in [0.15, 0.2) is 54.6 Å². The van der Waals surface area contributed by atoms with Crippen molar-refractivity contribution in [2.75, 3.05) is 31.6 Å². The molecule has 2 aliphatic rings. The third kappa shape index (κ3) is 4.20. The van der Waals surface area contributed by atoms with E-state index in [0.717, 1.165) is 31.5 Å². The second kappa shape index (κ2) is 8.78. The lowest BCUT2D eigenvalue weighted by Gasteiger charge is -2.36. The lowest BCUT2D eigenvalue weighted by molar-refractivity contribution is -0.125. The minimum Gasteiger partial charge on any atom is -0.381 e. The predicted octanol–water partition coefficient (Wildman–Crippen LogP) is 4.00. The van der Waals surface area contributed by atoms with Crippen molar-refractivity contribution in [1.29, 1.82) is 0 Å². The first-order valence-electron chi connectivity index (χ1n) is 10.5. The Morgan fingerprint density at radius 1 is 0.862 bits per heavy atom. The Bertz CT molecular complexity index is 836. The minimum absolute atomic E-state index is 0.0119. The van der Waals surface area contributed by atoms with Gasteiger partial charge in [0.05, 0.1) is 5.41 Å². The summed E-state index contributed by atoms with van der Waals surface area (Å²) in [6.07, 6.45) is 4.67. The molecule has 1 N–H and O–H groups in total. The van der Waals surface area contributed by atoms with Gasteiger partial charge in [-0.05, 0) is 61.9 Å². The number of rotatable bonds is 4. The summed E-state index contributed by atoms with van der Waals surface area (Å²) in [6.45, 7) is 2.81. The van der Waals surface area contributed by atoms with E-state index >= 15 is 0 Å². The van der Waals surface area contributed by atoms with Gasteiger partial charge in [0, 0.05) is 37.6 Å². The van der Waals surface area contributed by atoms with Crippen LogP contribution in [0.2, 0.25) is 0 Å². The van der Waals surface area contributed by atoms with Gasteiger partial charge >= 0.3 is 0 Å². The molecule has 2 aliphatic heterocycles. The van der Waals surface area contributed by atoms with Crippen molar-refractivity contribution in [1.82, 2.24) is 4.90 Å². The number of hydrogen-bond acceptors (Lipinski definition) is 3. The third-order valence-electron chi connectivity index (χ3n) is 6.14. The summed E-state index contributed by atoms with van der Waals surface area (Å²) < 4.78 is 5.52. The topological polar surface area (TPSA) is 58.6 Å². The number of carbonyl (C=O) groups excluding carboxylic acids is 2. The Balaban J connectivity index is 1.49. The van der Waals surface area contributed by atoms with Crippen LogP contribution in [-0.4, -0.2) is 43.0 Å². The van der Waals surface area contributed by atoms with E-state index in [2.05, 4.69) is 5.32 Å². The van der Waals surface area contributed by atoms with E-state index in [1.54, 1.807) is 0 Å². The van der Waals surface area contributed by atoms with Crippen LogP contribution in [0.25, 0.3) is 0 Å². The Morgan fingerprint density at radius 2 is 1.52 bits per heavy atom. The molecule has 0 unspecified atom stereocenters. The lowest BCUT2D eigenvalue weighted by atomic mass is 9.73. The fraction of sp³-hybridized carbons (Fsp3) is 0.417. The summed E-state index contributed by atoms with van der Waals surface area (Å²) in [6, 6.07) is 17.2. The number of amides is 2. The molecule has 2 heterocycles. The monoisotopic (exact) mass is 392 g/mol. The number of nitrogens with zero attached hydrogens (tertiary/aromatic N) is 1. The van der Waals surface area contributed by atoms with E-state index in [1.165, 1.54) is 6.42 Å². The average molecular weight is 392 g/mol. The molecule has 0 saturated carbocycles. The Labute approximate surface area is 172 Å². The molecule has 2 aromatic rings. The Kier molecular flexibility index (Phi) is 5.95. The van der Waals surface area contributed by atoms with Crippen molar-refractivity contribution < 1.29 is 14.3 Å². The van der Waals surface area contributed by atoms with Crippen molar-refractivity contribution >= 4 is 17.5 Å². The first-order chi connectivity index (χ1) is 14.2. The number of nitrogens with one attached hydrogen (secondary N) is 1. The summed E-state index contributed by atoms with van der Waals surface area (Å²) in [7, 11) is 0. The summed E-state index contributed by atoms with van der Waals surface area (Å²) >= 11 is 0. The van der Waals surface area contributed by atoms with Gasteiger partial charge in [-0.2, -0.15) is 0 Å². The fourth-order valence-corrected chi connectivity index (χ4v) is 4.35. The molecule has 2 amide bonds. The van der Waals surface area contributed by atoms with Gasteiger partial charge in [-0.1, -0.05) is 30.3 Å². The molecular formula is C24H28N2O3. The van der Waals surface area contributed by atoms with E-state index in [-0.39, 0.29) is 11.8 Å². The van der Waals surface area contributed by atoms with Crippen molar-refractivity contribution in [3.63, 3.8) is 0 Å². The number of likely N-dealkylation sites (tertiary alicyclic amines) is 1. The zero-order chi connectivity index (χ0) is 20.1. The van der Waals surface area contributed by atoms with Crippen LogP contribution in [0, 0.1) is 0 Å². The molecule has 4 rings (SSSR count). The Hall–Kier alpha value is -2.66. The summed E-state index contributed by atoms with van der Waals surface area (Å²) in [5.74, 6) is 0.0647. The lowest BCUT2D eigenvalue weighted by Crippen LogP contribution is -2.44. The average Bonchev–Trinajstić information content (AvgIpc) is 2.80. The largest absolute Gasteiger partial charge is 0.381 e. The molecule has 0 atom stereocenters. The van der Waals surface area contributed by atoms with Crippen molar-refractivity contribution in [3.8, 4) is 0 Å². The molecule has 0 bridgehead atoms. The van der Waals surface area contributed by atoms with Crippen LogP contribution in [0.1, 0.15) is 48.0 Å². The molecule has 0 aliphatic carbocycles. The van der Waals surface area contributed by atoms with Gasteiger partial charge < -0.3 is 15.0 Å². The van der Waals surface area contributed by atoms with Crippen LogP contribution in [0.4, 0.5) is 5.69 Å². The molecular weight excluding hydrogens is 364 g/mol. The van der Waals surface area contributed by atoms with Crippen LogP contribution in [0.5, 0.6) is 0 Å². The first kappa shape index (κ1) is 19.6. The van der Waals surface area contributed by atoms with Gasteiger partial charge in [0.1, 0.15) is 0 Å². The zero-order valence-corrected chi connectivity index (χ0v) is 16.7. The molecule has 2 fully saturated rings. The molecule has 152 valence electrons. The molecule has 5 nitrogen and oxygen atoms in total. The van der Waals surface area contributed by atoms with Gasteiger partial charge in [0.25, 0.3) is 5.91 Å².